The van der Waals surface area contributed by atoms with Crippen molar-refractivity contribution in [1.29, 1.82) is 0 Å². The number of phenols is 1. The van der Waals surface area contributed by atoms with Crippen LogP contribution in [0.3, 0.4) is 0 Å². The molecule has 0 heterocycles. The van der Waals surface area contributed by atoms with Crippen LogP contribution in [-0.2, 0) is 0 Å². The van der Waals surface area contributed by atoms with E-state index in [0.717, 1.165) is 0 Å². The quantitative estimate of drug-likeness (QED) is 0.618. The minimum Gasteiger partial charge on any atom is -0.505 e. The summed E-state index contributed by atoms with van der Waals surface area (Å²) in [5.74, 6) is 0.525. The normalized spacial score (nSPS) is 9.92. The summed E-state index contributed by atoms with van der Waals surface area (Å²) >= 11 is 6.30. The van der Waals surface area contributed by atoms with Crippen molar-refractivity contribution >= 4 is 37.5 Å². The molecule has 0 spiro atoms. The lowest BCUT2D eigenvalue weighted by molar-refractivity contribution is 0.405. The van der Waals surface area contributed by atoms with Gasteiger partial charge in [-0.2, -0.15) is 0 Å². The fourth-order valence-electron chi connectivity index (χ4n) is 0.817. The minimum absolute atomic E-state index is 0.0843. The molecule has 66 valence electrons. The fourth-order valence-corrected chi connectivity index (χ4v) is 2.13. The maximum absolute atomic E-state index is 9.41. The molecule has 0 bridgehead atoms. The Hall–Kier alpha value is -0.420. The van der Waals surface area contributed by atoms with Gasteiger partial charge in [0.2, 0.25) is 0 Å². The predicted octanol–water partition coefficient (Wildman–Crippen LogP) is 2.51. The Morgan fingerprint density at radius 2 is 2.08 bits per heavy atom. The van der Waals surface area contributed by atoms with E-state index >= 15 is 0 Å². The van der Waals surface area contributed by atoms with E-state index in [1.54, 1.807) is 6.07 Å². The second-order valence-corrected chi connectivity index (χ2v) is 3.79. The lowest BCUT2D eigenvalue weighted by Gasteiger charge is -2.09. The molecule has 0 aliphatic heterocycles. The lowest BCUT2D eigenvalue weighted by atomic mass is 10.3. The number of hydrogen-bond donors (Lipinski definition) is 2. The summed E-state index contributed by atoms with van der Waals surface area (Å²) in [6, 6.07) is 1.58. The van der Waals surface area contributed by atoms with Gasteiger partial charge in [-0.1, -0.05) is 0 Å². The van der Waals surface area contributed by atoms with Crippen molar-refractivity contribution in [1.82, 2.24) is 0 Å². The lowest BCUT2D eigenvalue weighted by Crippen LogP contribution is -1.93. The first-order valence-electron chi connectivity index (χ1n) is 3.08. The fraction of sp³-hybridized carbons (Fsp3) is 0.143. The van der Waals surface area contributed by atoms with Crippen LogP contribution in [0.1, 0.15) is 0 Å². The van der Waals surface area contributed by atoms with Crippen LogP contribution in [0.15, 0.2) is 15.0 Å². The Morgan fingerprint density at radius 1 is 1.50 bits per heavy atom. The van der Waals surface area contributed by atoms with Crippen molar-refractivity contribution in [3.8, 4) is 11.5 Å². The second-order valence-electron chi connectivity index (χ2n) is 2.14. The molecule has 5 heteroatoms. The molecule has 3 N–H and O–H groups in total. The molecule has 0 amide bonds. The van der Waals surface area contributed by atoms with Crippen molar-refractivity contribution in [2.75, 3.05) is 12.8 Å². The summed E-state index contributed by atoms with van der Waals surface area (Å²) in [4.78, 5) is 0. The molecule has 0 saturated heterocycles. The van der Waals surface area contributed by atoms with Crippen LogP contribution >= 0.6 is 31.9 Å². The van der Waals surface area contributed by atoms with E-state index < -0.39 is 0 Å². The van der Waals surface area contributed by atoms with Crippen molar-refractivity contribution < 1.29 is 9.84 Å². The van der Waals surface area contributed by atoms with Crippen LogP contribution in [0.2, 0.25) is 0 Å². The average molecular weight is 297 g/mol. The standard InChI is InChI=1S/C7H7Br2NO2/c1-12-7-4(10)2-3(8)6(11)5(7)9/h2,11H,10H2,1H3. The Bertz CT molecular complexity index is 315. The Morgan fingerprint density at radius 3 is 2.58 bits per heavy atom. The molecular weight excluding hydrogens is 290 g/mol. The van der Waals surface area contributed by atoms with Crippen LogP contribution in [0.4, 0.5) is 5.69 Å². The first kappa shape index (κ1) is 9.67. The number of aromatic hydroxyl groups is 1. The number of ether oxygens (including phenoxy) is 1. The van der Waals surface area contributed by atoms with Crippen LogP contribution in [0, 0.1) is 0 Å². The number of anilines is 1. The first-order chi connectivity index (χ1) is 5.57. The van der Waals surface area contributed by atoms with Gasteiger partial charge in [0.25, 0.3) is 0 Å². The smallest absolute Gasteiger partial charge is 0.159 e. The third-order valence-electron chi connectivity index (χ3n) is 1.38. The molecule has 1 rings (SSSR count). The molecule has 0 aliphatic rings. The maximum atomic E-state index is 9.41. The Labute approximate surface area is 86.8 Å². The third-order valence-corrected chi connectivity index (χ3v) is 2.72. The Balaban J connectivity index is 3.40. The van der Waals surface area contributed by atoms with E-state index in [9.17, 15) is 5.11 Å². The summed E-state index contributed by atoms with van der Waals surface area (Å²) in [6.07, 6.45) is 0. The summed E-state index contributed by atoms with van der Waals surface area (Å²) in [7, 11) is 1.49. The average Bonchev–Trinajstić information content (AvgIpc) is 2.01. The highest BCUT2D eigenvalue weighted by molar-refractivity contribution is 9.11. The third kappa shape index (κ3) is 1.51. The van der Waals surface area contributed by atoms with E-state index in [1.165, 1.54) is 7.11 Å². The van der Waals surface area contributed by atoms with Crippen LogP contribution in [-0.4, -0.2) is 12.2 Å². The van der Waals surface area contributed by atoms with E-state index in [4.69, 9.17) is 10.5 Å². The van der Waals surface area contributed by atoms with Crippen LogP contribution in [0.25, 0.3) is 0 Å². The summed E-state index contributed by atoms with van der Waals surface area (Å²) in [6.45, 7) is 0. The molecule has 0 saturated carbocycles. The molecule has 1 aromatic rings. The highest BCUT2D eigenvalue weighted by atomic mass is 79.9. The van der Waals surface area contributed by atoms with Gasteiger partial charge in [-0.25, -0.2) is 0 Å². The summed E-state index contributed by atoms with van der Waals surface area (Å²) in [5.41, 5.74) is 6.07. The number of nitrogen functional groups attached to an aromatic ring is 1. The largest absolute Gasteiger partial charge is 0.505 e. The molecule has 0 aromatic heterocycles. The highest BCUT2D eigenvalue weighted by Gasteiger charge is 2.12. The topological polar surface area (TPSA) is 55.5 Å². The van der Waals surface area contributed by atoms with Gasteiger partial charge < -0.3 is 15.6 Å². The molecule has 3 nitrogen and oxygen atoms in total. The van der Waals surface area contributed by atoms with Gasteiger partial charge in [-0.3, -0.25) is 0 Å². The number of nitrogens with two attached hydrogens (primary N) is 1. The van der Waals surface area contributed by atoms with Gasteiger partial charge in [0, 0.05) is 0 Å². The number of hydrogen-bond acceptors (Lipinski definition) is 3. The molecule has 0 aliphatic carbocycles. The molecule has 0 fully saturated rings. The van der Waals surface area contributed by atoms with Gasteiger partial charge >= 0.3 is 0 Å². The minimum atomic E-state index is 0.0843. The maximum Gasteiger partial charge on any atom is 0.159 e. The zero-order valence-electron chi connectivity index (χ0n) is 6.27. The molecule has 12 heavy (non-hydrogen) atoms. The van der Waals surface area contributed by atoms with Crippen molar-refractivity contribution in [2.45, 2.75) is 0 Å². The highest BCUT2D eigenvalue weighted by Crippen LogP contribution is 2.42. The van der Waals surface area contributed by atoms with E-state index in [0.29, 0.717) is 20.4 Å². The number of methoxy groups -OCH3 is 1. The van der Waals surface area contributed by atoms with Crippen molar-refractivity contribution in [3.05, 3.63) is 15.0 Å². The number of phenolic OH excluding ortho intramolecular Hbond substituents is 1. The number of rotatable bonds is 1. The van der Waals surface area contributed by atoms with E-state index in [2.05, 4.69) is 31.9 Å². The zero-order valence-corrected chi connectivity index (χ0v) is 9.44. The van der Waals surface area contributed by atoms with E-state index in [-0.39, 0.29) is 5.75 Å². The Kier molecular flexibility index (Phi) is 2.85. The second kappa shape index (κ2) is 3.53. The predicted molar refractivity (Wildman–Crippen MR) is 54.5 cm³/mol. The molecule has 0 atom stereocenters. The summed E-state index contributed by atoms with van der Waals surface area (Å²) in [5, 5.41) is 9.41. The van der Waals surface area contributed by atoms with Crippen molar-refractivity contribution in [3.63, 3.8) is 0 Å². The molecule has 0 radical (unpaired) electrons. The number of benzene rings is 1. The zero-order chi connectivity index (χ0) is 9.30. The SMILES string of the molecule is COc1c(N)cc(Br)c(O)c1Br. The van der Waals surface area contributed by atoms with Crippen LogP contribution < -0.4 is 10.5 Å². The van der Waals surface area contributed by atoms with E-state index in [1.807, 2.05) is 0 Å². The van der Waals surface area contributed by atoms with Crippen LogP contribution in [0.5, 0.6) is 11.5 Å². The van der Waals surface area contributed by atoms with Gasteiger partial charge in [0.05, 0.1) is 17.3 Å². The van der Waals surface area contributed by atoms with Crippen molar-refractivity contribution in [2.24, 2.45) is 0 Å². The van der Waals surface area contributed by atoms with Gasteiger partial charge in [0.1, 0.15) is 10.2 Å². The monoisotopic (exact) mass is 295 g/mol. The van der Waals surface area contributed by atoms with Gasteiger partial charge in [-0.05, 0) is 37.9 Å². The van der Waals surface area contributed by atoms with Gasteiger partial charge in [0.15, 0.2) is 5.75 Å². The molecule has 0 unspecified atom stereocenters. The first-order valence-corrected chi connectivity index (χ1v) is 4.67. The number of halogens is 2. The summed E-state index contributed by atoms with van der Waals surface area (Å²) < 4.78 is 5.95. The van der Waals surface area contributed by atoms with Gasteiger partial charge in [-0.15, -0.1) is 0 Å². The molecular formula is C7H7Br2NO2. The molecule has 1 aromatic carbocycles.